The summed E-state index contributed by atoms with van der Waals surface area (Å²) >= 11 is 0. The van der Waals surface area contributed by atoms with E-state index in [1.165, 1.54) is 12.1 Å². The van der Waals surface area contributed by atoms with Crippen molar-refractivity contribution in [3.8, 4) is 5.75 Å². The van der Waals surface area contributed by atoms with Crippen molar-refractivity contribution >= 4 is 27.6 Å². The molecular weight excluding hydrogens is 360 g/mol. The predicted molar refractivity (Wildman–Crippen MR) is 109 cm³/mol. The van der Waals surface area contributed by atoms with Gasteiger partial charge in [0.05, 0.1) is 17.2 Å². The minimum Gasteiger partial charge on any atom is -0.494 e. The lowest BCUT2D eigenvalue weighted by molar-refractivity contribution is 0.340. The van der Waals surface area contributed by atoms with Crippen LogP contribution >= 0.6 is 0 Å². The summed E-state index contributed by atoms with van der Waals surface area (Å²) in [5.41, 5.74) is 2.13. The van der Waals surface area contributed by atoms with Crippen molar-refractivity contribution < 1.29 is 13.2 Å². The Hall–Kier alpha value is -3.12. The SMILES string of the molecule is CCOc1ccc(NS(=O)(=O)c2ccc(N=Cc3ccccc3)cc2)cc1. The second kappa shape index (κ2) is 8.51. The van der Waals surface area contributed by atoms with E-state index in [9.17, 15) is 8.42 Å². The molecule has 27 heavy (non-hydrogen) atoms. The van der Waals surface area contributed by atoms with Crippen molar-refractivity contribution in [1.82, 2.24) is 0 Å². The Morgan fingerprint density at radius 2 is 1.59 bits per heavy atom. The van der Waals surface area contributed by atoms with Crippen LogP contribution in [0.15, 0.2) is 88.8 Å². The van der Waals surface area contributed by atoms with Gasteiger partial charge in [-0.3, -0.25) is 9.71 Å². The van der Waals surface area contributed by atoms with Gasteiger partial charge in [-0.15, -0.1) is 0 Å². The largest absolute Gasteiger partial charge is 0.494 e. The number of hydrogen-bond donors (Lipinski definition) is 1. The van der Waals surface area contributed by atoms with Crippen molar-refractivity contribution in [3.05, 3.63) is 84.4 Å². The maximum atomic E-state index is 12.5. The van der Waals surface area contributed by atoms with E-state index in [0.717, 1.165) is 5.56 Å². The first kappa shape index (κ1) is 18.7. The molecule has 0 aliphatic carbocycles. The minimum atomic E-state index is -3.67. The molecule has 138 valence electrons. The van der Waals surface area contributed by atoms with Gasteiger partial charge in [0.25, 0.3) is 10.0 Å². The summed E-state index contributed by atoms with van der Waals surface area (Å²) in [5, 5.41) is 0. The van der Waals surface area contributed by atoms with Crippen LogP contribution in [0.5, 0.6) is 5.75 Å². The Bertz CT molecular complexity index is 998. The third-order valence-electron chi connectivity index (χ3n) is 3.73. The van der Waals surface area contributed by atoms with Gasteiger partial charge in [0, 0.05) is 11.9 Å². The van der Waals surface area contributed by atoms with Crippen molar-refractivity contribution in [2.24, 2.45) is 4.99 Å². The average molecular weight is 380 g/mol. The monoisotopic (exact) mass is 380 g/mol. The van der Waals surface area contributed by atoms with Crippen LogP contribution in [0.25, 0.3) is 0 Å². The van der Waals surface area contributed by atoms with Gasteiger partial charge in [0.2, 0.25) is 0 Å². The summed E-state index contributed by atoms with van der Waals surface area (Å²) in [7, 11) is -3.67. The molecule has 6 heteroatoms. The first-order valence-electron chi connectivity index (χ1n) is 8.52. The van der Waals surface area contributed by atoms with Crippen molar-refractivity contribution in [3.63, 3.8) is 0 Å². The molecule has 1 N–H and O–H groups in total. The van der Waals surface area contributed by atoms with Crippen molar-refractivity contribution in [2.75, 3.05) is 11.3 Å². The van der Waals surface area contributed by atoms with Crippen LogP contribution in [-0.2, 0) is 10.0 Å². The Kier molecular flexibility index (Phi) is 5.88. The third-order valence-corrected chi connectivity index (χ3v) is 5.12. The Labute approximate surface area is 159 Å². The van der Waals surface area contributed by atoms with Crippen molar-refractivity contribution in [1.29, 1.82) is 0 Å². The maximum Gasteiger partial charge on any atom is 0.261 e. The van der Waals surface area contributed by atoms with Gasteiger partial charge >= 0.3 is 0 Å². The van der Waals surface area contributed by atoms with Crippen LogP contribution < -0.4 is 9.46 Å². The fraction of sp³-hybridized carbons (Fsp3) is 0.0952. The Morgan fingerprint density at radius 1 is 0.926 bits per heavy atom. The molecule has 0 aliphatic rings. The van der Waals surface area contributed by atoms with Gasteiger partial charge in [-0.25, -0.2) is 8.42 Å². The zero-order valence-electron chi connectivity index (χ0n) is 14.9. The molecule has 0 bridgehead atoms. The van der Waals surface area contributed by atoms with E-state index in [0.29, 0.717) is 23.7 Å². The molecule has 0 atom stereocenters. The van der Waals surface area contributed by atoms with E-state index in [1.807, 2.05) is 37.3 Å². The molecule has 0 spiro atoms. The van der Waals surface area contributed by atoms with Crippen LogP contribution in [-0.4, -0.2) is 21.2 Å². The lowest BCUT2D eigenvalue weighted by Crippen LogP contribution is -2.12. The van der Waals surface area contributed by atoms with E-state index >= 15 is 0 Å². The highest BCUT2D eigenvalue weighted by Crippen LogP contribution is 2.21. The predicted octanol–water partition coefficient (Wildman–Crippen LogP) is 4.64. The standard InChI is InChI=1S/C21H20N2O3S/c1-2-26-20-12-8-19(9-13-20)23-27(24,25)21-14-10-18(11-15-21)22-16-17-6-4-3-5-7-17/h3-16,23H,2H2,1H3. The van der Waals surface area contributed by atoms with Crippen LogP contribution in [0, 0.1) is 0 Å². The first-order chi connectivity index (χ1) is 13.1. The van der Waals surface area contributed by atoms with Gasteiger partial charge in [-0.1, -0.05) is 30.3 Å². The molecule has 5 nitrogen and oxygen atoms in total. The third kappa shape index (κ3) is 5.18. The van der Waals surface area contributed by atoms with E-state index in [2.05, 4.69) is 9.71 Å². The fourth-order valence-corrected chi connectivity index (χ4v) is 3.46. The summed E-state index contributed by atoms with van der Waals surface area (Å²) in [4.78, 5) is 4.53. The number of nitrogens with one attached hydrogen (secondary N) is 1. The number of hydrogen-bond acceptors (Lipinski definition) is 4. The van der Waals surface area contributed by atoms with E-state index in [4.69, 9.17) is 4.74 Å². The first-order valence-corrected chi connectivity index (χ1v) is 10.00. The smallest absolute Gasteiger partial charge is 0.261 e. The summed E-state index contributed by atoms with van der Waals surface area (Å²) in [6.07, 6.45) is 1.74. The lowest BCUT2D eigenvalue weighted by atomic mass is 10.2. The van der Waals surface area contributed by atoms with Crippen LogP contribution in [0.4, 0.5) is 11.4 Å². The highest BCUT2D eigenvalue weighted by Gasteiger charge is 2.14. The van der Waals surface area contributed by atoms with Gasteiger partial charge in [-0.2, -0.15) is 0 Å². The molecule has 3 aromatic rings. The number of aliphatic imine (C=N–C) groups is 1. The lowest BCUT2D eigenvalue weighted by Gasteiger charge is -2.09. The molecule has 0 heterocycles. The maximum absolute atomic E-state index is 12.5. The molecule has 0 fully saturated rings. The summed E-state index contributed by atoms with van der Waals surface area (Å²) in [6, 6.07) is 22.9. The molecule has 0 unspecified atom stereocenters. The molecule has 3 rings (SSSR count). The molecule has 0 radical (unpaired) electrons. The number of sulfonamides is 1. The van der Waals surface area contributed by atoms with Gasteiger partial charge < -0.3 is 4.74 Å². The van der Waals surface area contributed by atoms with Crippen molar-refractivity contribution in [2.45, 2.75) is 11.8 Å². The average Bonchev–Trinajstić information content (AvgIpc) is 2.69. The van der Waals surface area contributed by atoms with Gasteiger partial charge in [-0.05, 0) is 61.0 Å². The Balaban J connectivity index is 1.70. The molecule has 0 saturated heterocycles. The molecule has 3 aromatic carbocycles. The number of anilines is 1. The Morgan fingerprint density at radius 3 is 2.22 bits per heavy atom. The molecule has 0 aromatic heterocycles. The van der Waals surface area contributed by atoms with E-state index in [-0.39, 0.29) is 4.90 Å². The molecule has 0 amide bonds. The topological polar surface area (TPSA) is 67.8 Å². The minimum absolute atomic E-state index is 0.176. The fourth-order valence-electron chi connectivity index (χ4n) is 2.40. The zero-order chi connectivity index (χ0) is 19.1. The van der Waals surface area contributed by atoms with Gasteiger partial charge in [0.15, 0.2) is 0 Å². The zero-order valence-corrected chi connectivity index (χ0v) is 15.7. The van der Waals surface area contributed by atoms with Crippen LogP contribution in [0.2, 0.25) is 0 Å². The summed E-state index contributed by atoms with van der Waals surface area (Å²) < 4.78 is 33.0. The van der Waals surface area contributed by atoms with E-state index in [1.54, 1.807) is 42.6 Å². The second-order valence-electron chi connectivity index (χ2n) is 5.73. The van der Waals surface area contributed by atoms with E-state index < -0.39 is 10.0 Å². The quantitative estimate of drug-likeness (QED) is 0.607. The highest BCUT2D eigenvalue weighted by molar-refractivity contribution is 7.92. The number of rotatable bonds is 7. The molecular formula is C21H20N2O3S. The summed E-state index contributed by atoms with van der Waals surface area (Å²) in [5.74, 6) is 0.695. The number of nitrogens with zero attached hydrogens (tertiary/aromatic N) is 1. The second-order valence-corrected chi connectivity index (χ2v) is 7.41. The molecule has 0 saturated carbocycles. The van der Waals surface area contributed by atoms with Crippen LogP contribution in [0.3, 0.4) is 0 Å². The highest BCUT2D eigenvalue weighted by atomic mass is 32.2. The normalized spacial score (nSPS) is 11.4. The number of benzene rings is 3. The molecule has 0 aliphatic heterocycles. The summed E-state index contributed by atoms with van der Waals surface area (Å²) in [6.45, 7) is 2.45. The van der Waals surface area contributed by atoms with Gasteiger partial charge in [0.1, 0.15) is 5.75 Å². The van der Waals surface area contributed by atoms with Crippen LogP contribution in [0.1, 0.15) is 12.5 Å². The number of ether oxygens (including phenoxy) is 1.